The van der Waals surface area contributed by atoms with Crippen LogP contribution < -0.4 is 16.0 Å². The van der Waals surface area contributed by atoms with Gasteiger partial charge < -0.3 is 16.0 Å². The molecule has 21 heavy (non-hydrogen) atoms. The summed E-state index contributed by atoms with van der Waals surface area (Å²) in [7, 11) is 0. The van der Waals surface area contributed by atoms with Crippen molar-refractivity contribution >= 4 is 23.0 Å². The molecule has 0 saturated carbocycles. The standard InChI is InChI=1S/C15H15N5O/c1-15(2)8-5-11-12(6-10(8)20-14(15)21)19-13(18-11)9-3-4-16-7-17-9/h3-7,13,18-19H,1-2H3,(H,20,21). The van der Waals surface area contributed by atoms with Crippen molar-refractivity contribution in [3.05, 3.63) is 42.0 Å². The average molecular weight is 281 g/mol. The Balaban J connectivity index is 1.72. The van der Waals surface area contributed by atoms with E-state index in [1.165, 1.54) is 6.33 Å². The van der Waals surface area contributed by atoms with Gasteiger partial charge in [0.2, 0.25) is 5.91 Å². The summed E-state index contributed by atoms with van der Waals surface area (Å²) in [5, 5.41) is 9.70. The lowest BCUT2D eigenvalue weighted by atomic mass is 9.86. The first kappa shape index (κ1) is 12.1. The minimum absolute atomic E-state index is 0.0357. The summed E-state index contributed by atoms with van der Waals surface area (Å²) in [5.41, 5.74) is 4.23. The molecule has 1 aromatic heterocycles. The van der Waals surface area contributed by atoms with Gasteiger partial charge in [0.05, 0.1) is 22.5 Å². The molecule has 0 radical (unpaired) electrons. The topological polar surface area (TPSA) is 78.9 Å². The van der Waals surface area contributed by atoms with Gasteiger partial charge in [-0.05, 0) is 37.6 Å². The largest absolute Gasteiger partial charge is 0.359 e. The fourth-order valence-corrected chi connectivity index (χ4v) is 2.83. The molecule has 6 nitrogen and oxygen atoms in total. The molecule has 0 saturated heterocycles. The van der Waals surface area contributed by atoms with E-state index in [2.05, 4.69) is 25.9 Å². The molecule has 0 bridgehead atoms. The fourth-order valence-electron chi connectivity index (χ4n) is 2.83. The molecule has 106 valence electrons. The lowest BCUT2D eigenvalue weighted by Crippen LogP contribution is -2.26. The minimum Gasteiger partial charge on any atom is -0.359 e. The van der Waals surface area contributed by atoms with Gasteiger partial charge in [-0.1, -0.05) is 0 Å². The maximum Gasteiger partial charge on any atom is 0.234 e. The monoisotopic (exact) mass is 281 g/mol. The average Bonchev–Trinajstić information content (AvgIpc) is 2.98. The number of amides is 1. The number of hydrogen-bond donors (Lipinski definition) is 3. The Morgan fingerprint density at radius 3 is 2.62 bits per heavy atom. The zero-order valence-corrected chi connectivity index (χ0v) is 11.8. The summed E-state index contributed by atoms with van der Waals surface area (Å²) < 4.78 is 0. The molecule has 0 spiro atoms. The second-order valence-electron chi connectivity index (χ2n) is 5.88. The molecule has 2 aromatic rings. The molecule has 4 rings (SSSR count). The second-order valence-corrected chi connectivity index (χ2v) is 5.88. The number of carbonyl (C=O) groups is 1. The smallest absolute Gasteiger partial charge is 0.234 e. The maximum absolute atomic E-state index is 12.0. The highest BCUT2D eigenvalue weighted by Gasteiger charge is 2.40. The number of hydrogen-bond acceptors (Lipinski definition) is 5. The van der Waals surface area contributed by atoms with Crippen molar-refractivity contribution in [2.75, 3.05) is 16.0 Å². The first-order valence-electron chi connectivity index (χ1n) is 6.85. The molecule has 1 unspecified atom stereocenters. The van der Waals surface area contributed by atoms with E-state index in [0.717, 1.165) is 28.3 Å². The normalized spacial score (nSPS) is 21.0. The highest BCUT2D eigenvalue weighted by Crippen LogP contribution is 2.45. The summed E-state index contributed by atoms with van der Waals surface area (Å²) in [6, 6.07) is 5.89. The SMILES string of the molecule is CC1(C)C(=O)Nc2cc3c(cc21)NC(c1ccncn1)N3. The van der Waals surface area contributed by atoms with E-state index in [4.69, 9.17) is 0 Å². The van der Waals surface area contributed by atoms with Crippen LogP contribution in [0.15, 0.2) is 30.7 Å². The van der Waals surface area contributed by atoms with E-state index in [-0.39, 0.29) is 12.1 Å². The maximum atomic E-state index is 12.0. The van der Waals surface area contributed by atoms with Gasteiger partial charge in [0.1, 0.15) is 12.5 Å². The number of anilines is 3. The van der Waals surface area contributed by atoms with Crippen LogP contribution in [0.3, 0.4) is 0 Å². The summed E-state index contributed by atoms with van der Waals surface area (Å²) >= 11 is 0. The number of nitrogens with one attached hydrogen (secondary N) is 3. The van der Waals surface area contributed by atoms with E-state index in [1.54, 1.807) is 6.20 Å². The Morgan fingerprint density at radius 1 is 1.14 bits per heavy atom. The quantitative estimate of drug-likeness (QED) is 0.747. The third-order valence-corrected chi connectivity index (χ3v) is 4.15. The van der Waals surface area contributed by atoms with Gasteiger partial charge in [-0.25, -0.2) is 9.97 Å². The number of nitrogens with zero attached hydrogens (tertiary/aromatic N) is 2. The lowest BCUT2D eigenvalue weighted by molar-refractivity contribution is -0.119. The fraction of sp³-hybridized carbons (Fsp3) is 0.267. The van der Waals surface area contributed by atoms with Crippen molar-refractivity contribution in [2.24, 2.45) is 0 Å². The van der Waals surface area contributed by atoms with Gasteiger partial charge in [0, 0.05) is 11.9 Å². The molecule has 0 aliphatic carbocycles. The molecule has 2 aliphatic heterocycles. The highest BCUT2D eigenvalue weighted by molar-refractivity contribution is 6.07. The van der Waals surface area contributed by atoms with Crippen LogP contribution in [0.5, 0.6) is 0 Å². The van der Waals surface area contributed by atoms with Gasteiger partial charge in [-0.15, -0.1) is 0 Å². The molecule has 6 heteroatoms. The Hall–Kier alpha value is -2.63. The van der Waals surface area contributed by atoms with E-state index in [1.807, 2.05) is 32.0 Å². The van der Waals surface area contributed by atoms with Crippen LogP contribution in [0, 0.1) is 0 Å². The van der Waals surface area contributed by atoms with E-state index in [9.17, 15) is 4.79 Å². The Bertz CT molecular complexity index is 741. The molecule has 3 N–H and O–H groups in total. The number of carbonyl (C=O) groups excluding carboxylic acids is 1. The van der Waals surface area contributed by atoms with Gasteiger partial charge in [-0.3, -0.25) is 4.79 Å². The first-order chi connectivity index (χ1) is 10.1. The van der Waals surface area contributed by atoms with Crippen LogP contribution in [-0.2, 0) is 10.2 Å². The molecule has 1 atom stereocenters. The second kappa shape index (κ2) is 3.94. The van der Waals surface area contributed by atoms with Crippen LogP contribution in [0.4, 0.5) is 17.1 Å². The van der Waals surface area contributed by atoms with Crippen molar-refractivity contribution in [3.8, 4) is 0 Å². The predicted molar refractivity (Wildman–Crippen MR) is 80.1 cm³/mol. The van der Waals surface area contributed by atoms with Crippen molar-refractivity contribution in [2.45, 2.75) is 25.4 Å². The number of benzene rings is 1. The predicted octanol–water partition coefficient (Wildman–Crippen LogP) is 2.24. The molecule has 0 fully saturated rings. The van der Waals surface area contributed by atoms with Gasteiger partial charge >= 0.3 is 0 Å². The van der Waals surface area contributed by atoms with Crippen molar-refractivity contribution in [1.29, 1.82) is 0 Å². The Morgan fingerprint density at radius 2 is 1.90 bits per heavy atom. The van der Waals surface area contributed by atoms with E-state index >= 15 is 0 Å². The summed E-state index contributed by atoms with van der Waals surface area (Å²) in [4.78, 5) is 20.2. The summed E-state index contributed by atoms with van der Waals surface area (Å²) in [5.74, 6) is 0.0357. The molecule has 3 heterocycles. The highest BCUT2D eigenvalue weighted by atomic mass is 16.2. The van der Waals surface area contributed by atoms with Crippen molar-refractivity contribution in [1.82, 2.24) is 9.97 Å². The van der Waals surface area contributed by atoms with E-state index < -0.39 is 5.41 Å². The van der Waals surface area contributed by atoms with Crippen molar-refractivity contribution < 1.29 is 4.79 Å². The molecule has 1 amide bonds. The third-order valence-electron chi connectivity index (χ3n) is 4.15. The third kappa shape index (κ3) is 1.68. The van der Waals surface area contributed by atoms with Gasteiger partial charge in [-0.2, -0.15) is 0 Å². The van der Waals surface area contributed by atoms with Crippen LogP contribution in [-0.4, -0.2) is 15.9 Å². The Labute approximate surface area is 122 Å². The molecular formula is C15H15N5O. The zero-order valence-electron chi connectivity index (χ0n) is 11.8. The lowest BCUT2D eigenvalue weighted by Gasteiger charge is -2.15. The van der Waals surface area contributed by atoms with Crippen LogP contribution in [0.2, 0.25) is 0 Å². The first-order valence-corrected chi connectivity index (χ1v) is 6.85. The summed E-state index contributed by atoms with van der Waals surface area (Å²) in [6.07, 6.45) is 3.17. The van der Waals surface area contributed by atoms with Crippen LogP contribution >= 0.6 is 0 Å². The van der Waals surface area contributed by atoms with Gasteiger partial charge in [0.25, 0.3) is 0 Å². The van der Waals surface area contributed by atoms with E-state index in [0.29, 0.717) is 0 Å². The zero-order chi connectivity index (χ0) is 14.6. The molecule has 2 aliphatic rings. The minimum atomic E-state index is -0.501. The molecule has 1 aromatic carbocycles. The number of aromatic nitrogens is 2. The summed E-state index contributed by atoms with van der Waals surface area (Å²) in [6.45, 7) is 3.87. The number of rotatable bonds is 1. The Kier molecular flexibility index (Phi) is 2.28. The number of fused-ring (bicyclic) bond motifs is 2. The van der Waals surface area contributed by atoms with Crippen molar-refractivity contribution in [3.63, 3.8) is 0 Å². The molecular weight excluding hydrogens is 266 g/mol. The van der Waals surface area contributed by atoms with Crippen LogP contribution in [0.1, 0.15) is 31.3 Å². The van der Waals surface area contributed by atoms with Crippen LogP contribution in [0.25, 0.3) is 0 Å². The van der Waals surface area contributed by atoms with Gasteiger partial charge in [0.15, 0.2) is 0 Å².